The number of nitrogens with one attached hydrogen (secondary N) is 1. The number of imide groups is 1. The third-order valence-electron chi connectivity index (χ3n) is 6.06. The average Bonchev–Trinajstić information content (AvgIpc) is 2.93. The van der Waals surface area contributed by atoms with Gasteiger partial charge in [-0.25, -0.2) is 4.79 Å². The van der Waals surface area contributed by atoms with Gasteiger partial charge in [0.25, 0.3) is 5.91 Å². The van der Waals surface area contributed by atoms with Gasteiger partial charge in [-0.15, -0.1) is 0 Å². The highest BCUT2D eigenvalue weighted by atomic mass is 16.5. The van der Waals surface area contributed by atoms with Gasteiger partial charge in [-0.3, -0.25) is 14.5 Å². The normalized spacial score (nSPS) is 27.7. The lowest BCUT2D eigenvalue weighted by Gasteiger charge is -2.39. The molecule has 3 atom stereocenters. The van der Waals surface area contributed by atoms with Crippen LogP contribution < -0.4 is 10.1 Å². The summed E-state index contributed by atoms with van der Waals surface area (Å²) in [5.41, 5.74) is -0.466. The van der Waals surface area contributed by atoms with E-state index in [2.05, 4.69) is 5.32 Å². The Kier molecular flexibility index (Phi) is 5.63. The van der Waals surface area contributed by atoms with Crippen LogP contribution >= 0.6 is 0 Å². The van der Waals surface area contributed by atoms with E-state index in [1.54, 1.807) is 31.4 Å². The number of hydrogen-bond donors (Lipinski definition) is 1. The first kappa shape index (κ1) is 20.2. The van der Waals surface area contributed by atoms with E-state index in [0.29, 0.717) is 17.7 Å². The molecule has 0 bridgehead atoms. The van der Waals surface area contributed by atoms with Gasteiger partial charge in [-0.05, 0) is 57.2 Å². The van der Waals surface area contributed by atoms with Crippen LogP contribution in [0.15, 0.2) is 24.3 Å². The van der Waals surface area contributed by atoms with E-state index in [1.807, 2.05) is 25.7 Å². The van der Waals surface area contributed by atoms with E-state index in [1.165, 1.54) is 0 Å². The van der Waals surface area contributed by atoms with E-state index < -0.39 is 11.6 Å². The summed E-state index contributed by atoms with van der Waals surface area (Å²) in [6.07, 6.45) is 3.37. The van der Waals surface area contributed by atoms with Gasteiger partial charge in [0.2, 0.25) is 5.91 Å². The second-order valence-corrected chi connectivity index (χ2v) is 7.74. The summed E-state index contributed by atoms with van der Waals surface area (Å²) in [6, 6.07) is 6.80. The number of carbonyl (C=O) groups is 3. The topological polar surface area (TPSA) is 79.0 Å². The third-order valence-corrected chi connectivity index (χ3v) is 6.06. The van der Waals surface area contributed by atoms with Crippen molar-refractivity contribution in [3.05, 3.63) is 29.8 Å². The maximum Gasteiger partial charge on any atom is 0.325 e. The van der Waals surface area contributed by atoms with E-state index in [9.17, 15) is 14.4 Å². The molecule has 0 spiro atoms. The van der Waals surface area contributed by atoms with E-state index in [-0.39, 0.29) is 30.4 Å². The third kappa shape index (κ3) is 3.34. The number of ether oxygens (including phenoxy) is 1. The Labute approximate surface area is 166 Å². The molecule has 28 heavy (non-hydrogen) atoms. The Morgan fingerprint density at radius 1 is 1.18 bits per heavy atom. The zero-order chi connectivity index (χ0) is 20.5. The molecule has 152 valence electrons. The van der Waals surface area contributed by atoms with Crippen molar-refractivity contribution >= 4 is 17.8 Å². The SMILES string of the molecule is CC[C@]1(c2ccc(OC)cc2)NC(=O)N(CC(=O)N2[C@@H](C)CCC[C@@H]2C)C1=O. The van der Waals surface area contributed by atoms with Crippen LogP contribution in [-0.4, -0.2) is 53.4 Å². The Balaban J connectivity index is 1.82. The Morgan fingerprint density at radius 2 is 1.79 bits per heavy atom. The predicted molar refractivity (Wildman–Crippen MR) is 105 cm³/mol. The number of nitrogens with zero attached hydrogens (tertiary/aromatic N) is 2. The van der Waals surface area contributed by atoms with E-state index in [4.69, 9.17) is 4.74 Å². The molecule has 0 saturated carbocycles. The Morgan fingerprint density at radius 3 is 2.32 bits per heavy atom. The number of rotatable bonds is 5. The van der Waals surface area contributed by atoms with Crippen molar-refractivity contribution in [1.29, 1.82) is 0 Å². The van der Waals surface area contributed by atoms with Gasteiger partial charge >= 0.3 is 6.03 Å². The van der Waals surface area contributed by atoms with Gasteiger partial charge in [0.15, 0.2) is 0 Å². The zero-order valence-corrected chi connectivity index (χ0v) is 17.0. The molecule has 1 N–H and O–H groups in total. The lowest BCUT2D eigenvalue weighted by atomic mass is 9.87. The highest BCUT2D eigenvalue weighted by molar-refractivity contribution is 6.09. The van der Waals surface area contributed by atoms with E-state index >= 15 is 0 Å². The maximum absolute atomic E-state index is 13.2. The summed E-state index contributed by atoms with van der Waals surface area (Å²) in [7, 11) is 1.57. The number of piperidine rings is 1. The molecule has 3 rings (SSSR count). The largest absolute Gasteiger partial charge is 0.497 e. The molecule has 1 aromatic rings. The van der Waals surface area contributed by atoms with Gasteiger partial charge in [-0.1, -0.05) is 19.1 Å². The van der Waals surface area contributed by atoms with Gasteiger partial charge in [0, 0.05) is 12.1 Å². The fourth-order valence-electron chi connectivity index (χ4n) is 4.41. The molecule has 0 unspecified atom stereocenters. The summed E-state index contributed by atoms with van der Waals surface area (Å²) in [6.45, 7) is 5.67. The van der Waals surface area contributed by atoms with Crippen molar-refractivity contribution in [3.63, 3.8) is 0 Å². The van der Waals surface area contributed by atoms with Crippen LogP contribution in [0.4, 0.5) is 4.79 Å². The molecule has 1 aromatic carbocycles. The molecular weight excluding hydrogens is 358 g/mol. The molecule has 7 heteroatoms. The second-order valence-electron chi connectivity index (χ2n) is 7.74. The van der Waals surface area contributed by atoms with Gasteiger partial charge < -0.3 is 15.0 Å². The van der Waals surface area contributed by atoms with Crippen LogP contribution in [0.25, 0.3) is 0 Å². The fraction of sp³-hybridized carbons (Fsp3) is 0.571. The number of amides is 4. The molecule has 4 amide bonds. The van der Waals surface area contributed by atoms with Gasteiger partial charge in [-0.2, -0.15) is 0 Å². The molecular formula is C21H29N3O4. The maximum atomic E-state index is 13.2. The number of likely N-dealkylation sites (tertiary alicyclic amines) is 1. The van der Waals surface area contributed by atoms with Crippen LogP contribution in [-0.2, 0) is 15.1 Å². The quantitative estimate of drug-likeness (QED) is 0.788. The minimum Gasteiger partial charge on any atom is -0.497 e. The van der Waals surface area contributed by atoms with Crippen molar-refractivity contribution in [3.8, 4) is 5.75 Å². The molecule has 2 heterocycles. The number of methoxy groups -OCH3 is 1. The molecule has 2 aliphatic heterocycles. The highest BCUT2D eigenvalue weighted by Crippen LogP contribution is 2.33. The summed E-state index contributed by atoms with van der Waals surface area (Å²) in [5.74, 6) is 0.118. The summed E-state index contributed by atoms with van der Waals surface area (Å²) >= 11 is 0. The molecule has 2 fully saturated rings. The predicted octanol–water partition coefficient (Wildman–Crippen LogP) is 2.64. The minimum atomic E-state index is -1.15. The second kappa shape index (κ2) is 7.81. The first-order valence-corrected chi connectivity index (χ1v) is 9.93. The van der Waals surface area contributed by atoms with E-state index in [0.717, 1.165) is 24.2 Å². The lowest BCUT2D eigenvalue weighted by molar-refractivity contribution is -0.143. The molecule has 2 aliphatic rings. The Bertz CT molecular complexity index is 753. The first-order valence-electron chi connectivity index (χ1n) is 9.93. The molecule has 0 aliphatic carbocycles. The van der Waals surface area contributed by atoms with Crippen molar-refractivity contribution in [2.75, 3.05) is 13.7 Å². The van der Waals surface area contributed by atoms with Crippen molar-refractivity contribution < 1.29 is 19.1 Å². The summed E-state index contributed by atoms with van der Waals surface area (Å²) in [4.78, 5) is 41.7. The van der Waals surface area contributed by atoms with Crippen LogP contribution in [0.2, 0.25) is 0 Å². The monoisotopic (exact) mass is 387 g/mol. The molecule has 0 aromatic heterocycles. The smallest absolute Gasteiger partial charge is 0.325 e. The number of hydrogen-bond acceptors (Lipinski definition) is 4. The van der Waals surface area contributed by atoms with Crippen LogP contribution in [0.5, 0.6) is 5.75 Å². The number of carbonyl (C=O) groups excluding carboxylic acids is 3. The standard InChI is InChI=1S/C21H29N3O4/c1-5-21(16-9-11-17(28-4)12-10-16)19(26)23(20(27)22-21)13-18(25)24-14(2)7-6-8-15(24)3/h9-12,14-15H,5-8,13H2,1-4H3,(H,22,27)/t14-,15-,21+/m0/s1. The molecule has 2 saturated heterocycles. The van der Waals surface area contributed by atoms with Crippen molar-refractivity contribution in [2.24, 2.45) is 0 Å². The van der Waals surface area contributed by atoms with Crippen molar-refractivity contribution in [2.45, 2.75) is 64.1 Å². The van der Waals surface area contributed by atoms with Crippen LogP contribution in [0.3, 0.4) is 0 Å². The summed E-state index contributed by atoms with van der Waals surface area (Å²) in [5, 5.41) is 2.83. The Hall–Kier alpha value is -2.57. The molecule has 7 nitrogen and oxygen atoms in total. The van der Waals surface area contributed by atoms with Crippen LogP contribution in [0, 0.1) is 0 Å². The lowest BCUT2D eigenvalue weighted by Crippen LogP contribution is -2.52. The minimum absolute atomic E-state index is 0.120. The highest BCUT2D eigenvalue weighted by Gasteiger charge is 2.52. The van der Waals surface area contributed by atoms with Crippen molar-refractivity contribution in [1.82, 2.24) is 15.1 Å². The number of urea groups is 1. The van der Waals surface area contributed by atoms with Gasteiger partial charge in [0.1, 0.15) is 17.8 Å². The van der Waals surface area contributed by atoms with Crippen LogP contribution in [0.1, 0.15) is 52.0 Å². The molecule has 0 radical (unpaired) electrons. The summed E-state index contributed by atoms with van der Waals surface area (Å²) < 4.78 is 5.17. The fourth-order valence-corrected chi connectivity index (χ4v) is 4.41. The van der Waals surface area contributed by atoms with Gasteiger partial charge in [0.05, 0.1) is 7.11 Å². The first-order chi connectivity index (χ1) is 13.3. The zero-order valence-electron chi connectivity index (χ0n) is 17.0. The average molecular weight is 387 g/mol. The number of benzene rings is 1.